The fraction of sp³-hybridized carbons (Fsp3) is 0.421. The Morgan fingerprint density at radius 1 is 1.08 bits per heavy atom. The maximum atomic E-state index is 12.9. The number of hydrogen-bond acceptors (Lipinski definition) is 5. The van der Waals surface area contributed by atoms with Crippen molar-refractivity contribution >= 4 is 23.9 Å². The minimum absolute atomic E-state index is 0.0304. The number of ether oxygens (including phenoxy) is 2. The molecule has 2 aliphatic heterocycles. The van der Waals surface area contributed by atoms with Crippen LogP contribution in [-0.4, -0.2) is 35.6 Å². The number of nitrogens with zero attached hydrogens (tertiary/aromatic N) is 1. The van der Waals surface area contributed by atoms with E-state index in [0.717, 1.165) is 37.7 Å². The Bertz CT molecular complexity index is 823. The zero-order valence-corrected chi connectivity index (χ0v) is 14.5. The van der Waals surface area contributed by atoms with Crippen molar-refractivity contribution in [3.63, 3.8) is 0 Å². The van der Waals surface area contributed by atoms with Gasteiger partial charge in [-0.25, -0.2) is 4.79 Å². The molecule has 1 aromatic carbocycles. The summed E-state index contributed by atoms with van der Waals surface area (Å²) in [6, 6.07) is 2.79. The summed E-state index contributed by atoms with van der Waals surface area (Å²) in [7, 11) is 0. The van der Waals surface area contributed by atoms with E-state index in [4.69, 9.17) is 9.47 Å². The number of carbonyl (C=O) groups is 3. The smallest absolute Gasteiger partial charge is 0.331 e. The lowest BCUT2D eigenvalue weighted by Crippen LogP contribution is -2.58. The minimum Gasteiger partial charge on any atom is -0.454 e. The van der Waals surface area contributed by atoms with E-state index >= 15 is 0 Å². The van der Waals surface area contributed by atoms with E-state index in [1.165, 1.54) is 11.0 Å². The molecule has 26 heavy (non-hydrogen) atoms. The van der Waals surface area contributed by atoms with Gasteiger partial charge in [0.1, 0.15) is 5.57 Å². The van der Waals surface area contributed by atoms with Gasteiger partial charge in [-0.2, -0.15) is 0 Å². The topological polar surface area (TPSA) is 84.9 Å². The number of fused-ring (bicyclic) bond motifs is 1. The maximum Gasteiger partial charge on any atom is 0.331 e. The van der Waals surface area contributed by atoms with Crippen LogP contribution in [0.5, 0.6) is 11.5 Å². The van der Waals surface area contributed by atoms with Crippen molar-refractivity contribution in [1.29, 1.82) is 0 Å². The van der Waals surface area contributed by atoms with Crippen molar-refractivity contribution in [3.05, 3.63) is 28.8 Å². The Balaban J connectivity index is 1.68. The third-order valence-electron chi connectivity index (χ3n) is 5.13. The lowest BCUT2D eigenvalue weighted by atomic mass is 9.93. The van der Waals surface area contributed by atoms with E-state index in [-0.39, 0.29) is 18.4 Å². The first-order chi connectivity index (χ1) is 12.5. The molecule has 2 fully saturated rings. The number of carbonyl (C=O) groups excluding carboxylic acids is 3. The van der Waals surface area contributed by atoms with Crippen LogP contribution in [0.15, 0.2) is 17.7 Å². The SMILES string of the molecule is Cc1cc2c(cc1C=C1C(=O)NC(=O)N(C3CCCCC3)C1=O)OCO2. The highest BCUT2D eigenvalue weighted by atomic mass is 16.7. The van der Waals surface area contributed by atoms with Crippen LogP contribution in [0.25, 0.3) is 6.08 Å². The number of rotatable bonds is 2. The summed E-state index contributed by atoms with van der Waals surface area (Å²) in [5.41, 5.74) is 1.51. The maximum absolute atomic E-state index is 12.9. The number of benzene rings is 1. The predicted molar refractivity (Wildman–Crippen MR) is 92.5 cm³/mol. The van der Waals surface area contributed by atoms with Crippen molar-refractivity contribution in [2.45, 2.75) is 45.1 Å². The molecule has 1 saturated heterocycles. The van der Waals surface area contributed by atoms with Crippen LogP contribution < -0.4 is 14.8 Å². The molecular weight excluding hydrogens is 336 g/mol. The summed E-state index contributed by atoms with van der Waals surface area (Å²) in [5.74, 6) is 0.0289. The van der Waals surface area contributed by atoms with E-state index in [1.54, 1.807) is 6.07 Å². The predicted octanol–water partition coefficient (Wildman–Crippen LogP) is 2.52. The molecule has 0 aromatic heterocycles. The van der Waals surface area contributed by atoms with Crippen LogP contribution in [0, 0.1) is 6.92 Å². The number of hydrogen-bond donors (Lipinski definition) is 1. The molecule has 0 radical (unpaired) electrons. The van der Waals surface area contributed by atoms with Crippen molar-refractivity contribution in [2.75, 3.05) is 6.79 Å². The molecule has 1 saturated carbocycles. The molecule has 1 aliphatic carbocycles. The zero-order chi connectivity index (χ0) is 18.3. The van der Waals surface area contributed by atoms with Crippen molar-refractivity contribution < 1.29 is 23.9 Å². The van der Waals surface area contributed by atoms with E-state index in [1.807, 2.05) is 13.0 Å². The monoisotopic (exact) mass is 356 g/mol. The van der Waals surface area contributed by atoms with E-state index in [0.29, 0.717) is 17.1 Å². The summed E-state index contributed by atoms with van der Waals surface area (Å²) < 4.78 is 10.7. The van der Waals surface area contributed by atoms with Gasteiger partial charge in [-0.1, -0.05) is 19.3 Å². The molecule has 4 rings (SSSR count). The second-order valence-electron chi connectivity index (χ2n) is 6.85. The van der Waals surface area contributed by atoms with Gasteiger partial charge in [0.05, 0.1) is 0 Å². The minimum atomic E-state index is -0.663. The molecule has 3 aliphatic rings. The number of amides is 4. The summed E-state index contributed by atoms with van der Waals surface area (Å²) in [6.45, 7) is 2.02. The first-order valence-corrected chi connectivity index (χ1v) is 8.85. The molecule has 0 bridgehead atoms. The highest BCUT2D eigenvalue weighted by Gasteiger charge is 2.40. The quantitative estimate of drug-likeness (QED) is 0.650. The van der Waals surface area contributed by atoms with Crippen molar-refractivity contribution in [1.82, 2.24) is 10.2 Å². The molecule has 1 aromatic rings. The highest BCUT2D eigenvalue weighted by molar-refractivity contribution is 6.31. The summed E-state index contributed by atoms with van der Waals surface area (Å²) in [5, 5.41) is 2.30. The molecule has 7 heteroatoms. The van der Waals surface area contributed by atoms with Crippen LogP contribution >= 0.6 is 0 Å². The average molecular weight is 356 g/mol. The summed E-state index contributed by atoms with van der Waals surface area (Å²) >= 11 is 0. The summed E-state index contributed by atoms with van der Waals surface area (Å²) in [4.78, 5) is 38.7. The Kier molecular flexibility index (Phi) is 4.14. The van der Waals surface area contributed by atoms with E-state index < -0.39 is 17.8 Å². The first-order valence-electron chi connectivity index (χ1n) is 8.85. The van der Waals surface area contributed by atoms with Gasteiger partial charge in [-0.15, -0.1) is 0 Å². The molecule has 0 unspecified atom stereocenters. The molecule has 136 valence electrons. The largest absolute Gasteiger partial charge is 0.454 e. The summed E-state index contributed by atoms with van der Waals surface area (Å²) in [6.07, 6.45) is 6.16. The fourth-order valence-electron chi connectivity index (χ4n) is 3.71. The van der Waals surface area contributed by atoms with Gasteiger partial charge in [0.15, 0.2) is 11.5 Å². The fourth-order valence-corrected chi connectivity index (χ4v) is 3.71. The third-order valence-corrected chi connectivity index (χ3v) is 5.13. The van der Waals surface area contributed by atoms with Crippen LogP contribution in [0.1, 0.15) is 43.2 Å². The van der Waals surface area contributed by atoms with Crippen molar-refractivity contribution in [2.24, 2.45) is 0 Å². The van der Waals surface area contributed by atoms with Crippen LogP contribution in [0.4, 0.5) is 4.79 Å². The molecular formula is C19H20N2O5. The molecule has 1 N–H and O–H groups in total. The average Bonchev–Trinajstić information content (AvgIpc) is 3.06. The molecule has 0 spiro atoms. The Morgan fingerprint density at radius 2 is 1.77 bits per heavy atom. The van der Waals surface area contributed by atoms with Crippen LogP contribution in [-0.2, 0) is 9.59 Å². The van der Waals surface area contributed by atoms with Crippen LogP contribution in [0.2, 0.25) is 0 Å². The first kappa shape index (κ1) is 16.6. The second-order valence-corrected chi connectivity index (χ2v) is 6.85. The molecule has 7 nitrogen and oxygen atoms in total. The van der Waals surface area contributed by atoms with E-state index in [2.05, 4.69) is 5.32 Å². The van der Waals surface area contributed by atoms with Gasteiger partial charge >= 0.3 is 6.03 Å². The number of imide groups is 2. The van der Waals surface area contributed by atoms with Gasteiger partial charge in [-0.05, 0) is 49.1 Å². The van der Waals surface area contributed by atoms with Gasteiger partial charge in [0.2, 0.25) is 6.79 Å². The normalized spacial score (nSPS) is 22.1. The van der Waals surface area contributed by atoms with Crippen molar-refractivity contribution in [3.8, 4) is 11.5 Å². The van der Waals surface area contributed by atoms with Gasteiger partial charge < -0.3 is 9.47 Å². The lowest BCUT2D eigenvalue weighted by Gasteiger charge is -2.35. The Hall–Kier alpha value is -2.83. The highest BCUT2D eigenvalue weighted by Crippen LogP contribution is 2.35. The second kappa shape index (κ2) is 6.48. The molecule has 0 atom stereocenters. The van der Waals surface area contributed by atoms with Gasteiger partial charge in [-0.3, -0.25) is 19.8 Å². The lowest BCUT2D eigenvalue weighted by molar-refractivity contribution is -0.132. The zero-order valence-electron chi connectivity index (χ0n) is 14.5. The molecule has 4 amide bonds. The van der Waals surface area contributed by atoms with Gasteiger partial charge in [0.25, 0.3) is 11.8 Å². The number of urea groups is 1. The standard InChI is InChI=1S/C19H20N2O5/c1-11-7-15-16(26-10-25-15)9-12(11)8-14-17(22)20-19(24)21(18(14)23)13-5-3-2-4-6-13/h7-9,13H,2-6,10H2,1H3,(H,20,22,24). The number of nitrogens with one attached hydrogen (secondary N) is 1. The van der Waals surface area contributed by atoms with Crippen LogP contribution in [0.3, 0.4) is 0 Å². The third kappa shape index (κ3) is 2.83. The Labute approximate surface area is 150 Å². The van der Waals surface area contributed by atoms with E-state index in [9.17, 15) is 14.4 Å². The van der Waals surface area contributed by atoms with Gasteiger partial charge in [0, 0.05) is 6.04 Å². The molecule has 2 heterocycles. The number of aryl methyl sites for hydroxylation is 1. The number of barbiturate groups is 1. The Morgan fingerprint density at radius 3 is 2.50 bits per heavy atom.